The Kier molecular flexibility index (Phi) is 5.26. The third-order valence-corrected chi connectivity index (χ3v) is 3.75. The van der Waals surface area contributed by atoms with Crippen molar-refractivity contribution in [1.29, 1.82) is 0 Å². The van der Waals surface area contributed by atoms with Crippen molar-refractivity contribution < 1.29 is 9.53 Å². The van der Waals surface area contributed by atoms with Gasteiger partial charge in [0.1, 0.15) is 6.04 Å². The first-order valence-corrected chi connectivity index (χ1v) is 6.50. The zero-order valence-corrected chi connectivity index (χ0v) is 11.0. The topological polar surface area (TPSA) is 29.5 Å². The summed E-state index contributed by atoms with van der Waals surface area (Å²) in [6, 6.07) is -0.0325. The highest BCUT2D eigenvalue weighted by atomic mass is 16.5. The standard InChI is InChI=1S/C13H25NO2/c1-5-12(13(15)16-6-2)14-8-7-10(3)11(4)9-14/h10-12H,5-9H2,1-4H3. The van der Waals surface area contributed by atoms with E-state index in [0.29, 0.717) is 12.5 Å². The van der Waals surface area contributed by atoms with Crippen LogP contribution in [0.25, 0.3) is 0 Å². The molecule has 0 aromatic carbocycles. The normalized spacial score (nSPS) is 28.8. The van der Waals surface area contributed by atoms with Gasteiger partial charge in [0.25, 0.3) is 0 Å². The molecule has 3 heteroatoms. The summed E-state index contributed by atoms with van der Waals surface area (Å²) in [7, 11) is 0. The third-order valence-electron chi connectivity index (χ3n) is 3.75. The van der Waals surface area contributed by atoms with Crippen LogP contribution >= 0.6 is 0 Å². The van der Waals surface area contributed by atoms with Crippen molar-refractivity contribution in [1.82, 2.24) is 4.90 Å². The highest BCUT2D eigenvalue weighted by Crippen LogP contribution is 2.24. The average Bonchev–Trinajstić information content (AvgIpc) is 2.25. The van der Waals surface area contributed by atoms with E-state index in [1.54, 1.807) is 0 Å². The van der Waals surface area contributed by atoms with E-state index in [4.69, 9.17) is 4.74 Å². The van der Waals surface area contributed by atoms with Gasteiger partial charge in [0, 0.05) is 6.54 Å². The number of piperidine rings is 1. The molecule has 0 bridgehead atoms. The Morgan fingerprint density at radius 1 is 1.38 bits per heavy atom. The molecule has 0 aromatic rings. The predicted molar refractivity (Wildman–Crippen MR) is 65.2 cm³/mol. The van der Waals surface area contributed by atoms with Crippen molar-refractivity contribution in [3.63, 3.8) is 0 Å². The van der Waals surface area contributed by atoms with Crippen LogP contribution in [0.2, 0.25) is 0 Å². The fraction of sp³-hybridized carbons (Fsp3) is 0.923. The molecule has 1 aliphatic heterocycles. The molecule has 1 aliphatic rings. The molecule has 0 radical (unpaired) electrons. The Bertz CT molecular complexity index is 230. The molecule has 16 heavy (non-hydrogen) atoms. The summed E-state index contributed by atoms with van der Waals surface area (Å²) < 4.78 is 5.13. The van der Waals surface area contributed by atoms with Crippen LogP contribution in [0, 0.1) is 11.8 Å². The summed E-state index contributed by atoms with van der Waals surface area (Å²) in [5.41, 5.74) is 0. The monoisotopic (exact) mass is 227 g/mol. The number of rotatable bonds is 4. The Balaban J connectivity index is 2.56. The molecule has 0 N–H and O–H groups in total. The highest BCUT2D eigenvalue weighted by Gasteiger charge is 2.31. The zero-order chi connectivity index (χ0) is 12.1. The van der Waals surface area contributed by atoms with Crippen LogP contribution in [0.3, 0.4) is 0 Å². The summed E-state index contributed by atoms with van der Waals surface area (Å²) >= 11 is 0. The van der Waals surface area contributed by atoms with E-state index in [9.17, 15) is 4.79 Å². The summed E-state index contributed by atoms with van der Waals surface area (Å²) in [5, 5.41) is 0. The molecule has 0 aliphatic carbocycles. The molecule has 3 nitrogen and oxygen atoms in total. The summed E-state index contributed by atoms with van der Waals surface area (Å²) in [6.07, 6.45) is 2.04. The second-order valence-electron chi connectivity index (χ2n) is 4.91. The van der Waals surface area contributed by atoms with E-state index in [1.165, 1.54) is 6.42 Å². The molecule has 1 saturated heterocycles. The first kappa shape index (κ1) is 13.5. The number of carbonyl (C=O) groups excluding carboxylic acids is 1. The van der Waals surface area contributed by atoms with E-state index < -0.39 is 0 Å². The lowest BCUT2D eigenvalue weighted by Gasteiger charge is -2.38. The van der Waals surface area contributed by atoms with Crippen LogP contribution in [0.1, 0.15) is 40.5 Å². The van der Waals surface area contributed by atoms with E-state index in [2.05, 4.69) is 25.7 Å². The first-order valence-electron chi connectivity index (χ1n) is 6.50. The largest absolute Gasteiger partial charge is 0.465 e. The molecule has 1 heterocycles. The molecular formula is C13H25NO2. The van der Waals surface area contributed by atoms with E-state index in [0.717, 1.165) is 25.4 Å². The first-order chi connectivity index (χ1) is 7.60. The van der Waals surface area contributed by atoms with Gasteiger partial charge in [-0.15, -0.1) is 0 Å². The second-order valence-corrected chi connectivity index (χ2v) is 4.91. The lowest BCUT2D eigenvalue weighted by Crippen LogP contribution is -2.48. The SMILES string of the molecule is CCOC(=O)C(CC)N1CCC(C)C(C)C1. The van der Waals surface area contributed by atoms with Gasteiger partial charge in [-0.2, -0.15) is 0 Å². The van der Waals surface area contributed by atoms with Crippen molar-refractivity contribution in [3.8, 4) is 0 Å². The summed E-state index contributed by atoms with van der Waals surface area (Å²) in [5.74, 6) is 1.40. The summed E-state index contributed by atoms with van der Waals surface area (Å²) in [6.45, 7) is 11.0. The number of carbonyl (C=O) groups is 1. The fourth-order valence-electron chi connectivity index (χ4n) is 2.39. The molecule has 3 atom stereocenters. The number of likely N-dealkylation sites (tertiary alicyclic amines) is 1. The molecule has 0 spiro atoms. The van der Waals surface area contributed by atoms with Crippen LogP contribution in [0.4, 0.5) is 0 Å². The van der Waals surface area contributed by atoms with E-state index in [-0.39, 0.29) is 12.0 Å². The van der Waals surface area contributed by atoms with Crippen LogP contribution in [-0.2, 0) is 9.53 Å². The molecule has 1 fully saturated rings. The Morgan fingerprint density at radius 3 is 2.56 bits per heavy atom. The number of hydrogen-bond donors (Lipinski definition) is 0. The molecule has 1 rings (SSSR count). The van der Waals surface area contributed by atoms with Gasteiger partial charge in [-0.25, -0.2) is 0 Å². The van der Waals surface area contributed by atoms with Crippen molar-refractivity contribution in [2.45, 2.75) is 46.6 Å². The van der Waals surface area contributed by atoms with Gasteiger partial charge in [-0.05, 0) is 38.1 Å². The predicted octanol–water partition coefficient (Wildman–Crippen LogP) is 2.31. The van der Waals surface area contributed by atoms with Gasteiger partial charge in [0.05, 0.1) is 6.61 Å². The van der Waals surface area contributed by atoms with Crippen LogP contribution in [0.5, 0.6) is 0 Å². The Hall–Kier alpha value is -0.570. The number of ether oxygens (including phenoxy) is 1. The molecular weight excluding hydrogens is 202 g/mol. The number of nitrogens with zero attached hydrogens (tertiary/aromatic N) is 1. The van der Waals surface area contributed by atoms with Crippen molar-refractivity contribution in [3.05, 3.63) is 0 Å². The molecule has 0 amide bonds. The minimum atomic E-state index is -0.0493. The molecule has 0 saturated carbocycles. The van der Waals surface area contributed by atoms with Crippen LogP contribution < -0.4 is 0 Å². The fourth-order valence-corrected chi connectivity index (χ4v) is 2.39. The summed E-state index contributed by atoms with van der Waals surface area (Å²) in [4.78, 5) is 14.1. The van der Waals surface area contributed by atoms with Gasteiger partial charge in [-0.1, -0.05) is 20.8 Å². The maximum atomic E-state index is 11.8. The highest BCUT2D eigenvalue weighted by molar-refractivity contribution is 5.75. The number of esters is 1. The van der Waals surface area contributed by atoms with Gasteiger partial charge in [0.15, 0.2) is 0 Å². The zero-order valence-electron chi connectivity index (χ0n) is 11.0. The smallest absolute Gasteiger partial charge is 0.323 e. The maximum Gasteiger partial charge on any atom is 0.323 e. The Labute approximate surface area is 99.1 Å². The van der Waals surface area contributed by atoms with Crippen LogP contribution in [0.15, 0.2) is 0 Å². The van der Waals surface area contributed by atoms with Crippen LogP contribution in [-0.4, -0.2) is 36.6 Å². The second kappa shape index (κ2) is 6.24. The minimum absolute atomic E-state index is 0.0325. The average molecular weight is 227 g/mol. The maximum absolute atomic E-state index is 11.8. The minimum Gasteiger partial charge on any atom is -0.465 e. The Morgan fingerprint density at radius 2 is 2.06 bits per heavy atom. The van der Waals surface area contributed by atoms with Crippen molar-refractivity contribution >= 4 is 5.97 Å². The van der Waals surface area contributed by atoms with Gasteiger partial charge >= 0.3 is 5.97 Å². The van der Waals surface area contributed by atoms with Gasteiger partial charge in [-0.3, -0.25) is 9.69 Å². The van der Waals surface area contributed by atoms with Crippen molar-refractivity contribution in [2.75, 3.05) is 19.7 Å². The molecule has 3 unspecified atom stereocenters. The molecule has 0 aromatic heterocycles. The number of hydrogen-bond acceptors (Lipinski definition) is 3. The quantitative estimate of drug-likeness (QED) is 0.690. The van der Waals surface area contributed by atoms with Gasteiger partial charge in [0.2, 0.25) is 0 Å². The van der Waals surface area contributed by atoms with E-state index in [1.807, 2.05) is 6.92 Å². The lowest BCUT2D eigenvalue weighted by molar-refractivity contribution is -0.150. The third kappa shape index (κ3) is 3.21. The van der Waals surface area contributed by atoms with E-state index >= 15 is 0 Å². The van der Waals surface area contributed by atoms with Gasteiger partial charge < -0.3 is 4.74 Å². The lowest BCUT2D eigenvalue weighted by atomic mass is 9.88. The molecule has 94 valence electrons. The van der Waals surface area contributed by atoms with Crippen molar-refractivity contribution in [2.24, 2.45) is 11.8 Å².